The highest BCUT2D eigenvalue weighted by molar-refractivity contribution is 7.99. The number of aromatic nitrogens is 2. The summed E-state index contributed by atoms with van der Waals surface area (Å²) in [5, 5.41) is 3.14. The molecule has 6 heteroatoms. The van der Waals surface area contributed by atoms with Crippen LogP contribution in [0.25, 0.3) is 21.8 Å². The number of hydrogen-bond acceptors (Lipinski definition) is 5. The van der Waals surface area contributed by atoms with Crippen molar-refractivity contribution in [1.82, 2.24) is 9.55 Å². The van der Waals surface area contributed by atoms with Crippen molar-refractivity contribution < 1.29 is 14.3 Å². The molecular weight excluding hydrogens is 408 g/mol. The molecule has 0 aliphatic heterocycles. The Hall–Kier alpha value is -2.99. The van der Waals surface area contributed by atoms with E-state index < -0.39 is 5.60 Å². The van der Waals surface area contributed by atoms with E-state index in [1.165, 1.54) is 5.39 Å². The zero-order chi connectivity index (χ0) is 21.8. The predicted octanol–water partition coefficient (Wildman–Crippen LogP) is 5.70. The van der Waals surface area contributed by atoms with Crippen LogP contribution in [0.4, 0.5) is 0 Å². The first-order chi connectivity index (χ1) is 14.9. The highest BCUT2D eigenvalue weighted by Crippen LogP contribution is 2.25. The van der Waals surface area contributed by atoms with Crippen LogP contribution in [-0.4, -0.2) is 33.5 Å². The lowest BCUT2D eigenvalue weighted by Crippen LogP contribution is -2.26. The number of benzene rings is 3. The fraction of sp³-hybridized carbons (Fsp3) is 0.280. The van der Waals surface area contributed by atoms with E-state index in [4.69, 9.17) is 14.5 Å². The maximum atomic E-state index is 12.4. The van der Waals surface area contributed by atoms with Crippen LogP contribution in [0, 0.1) is 0 Å². The average molecular weight is 435 g/mol. The Bertz CT molecular complexity index is 1210. The molecule has 5 nitrogen and oxygen atoms in total. The third-order valence-corrected chi connectivity index (χ3v) is 5.57. The number of rotatable bonds is 7. The molecule has 0 spiro atoms. The van der Waals surface area contributed by atoms with E-state index in [0.29, 0.717) is 12.4 Å². The molecule has 0 fully saturated rings. The fourth-order valence-corrected chi connectivity index (χ4v) is 4.20. The van der Waals surface area contributed by atoms with Gasteiger partial charge in [-0.25, -0.2) is 4.98 Å². The number of imidazole rings is 1. The van der Waals surface area contributed by atoms with Crippen LogP contribution in [0.2, 0.25) is 0 Å². The summed E-state index contributed by atoms with van der Waals surface area (Å²) in [5.74, 6) is 1.29. The van der Waals surface area contributed by atoms with Gasteiger partial charge in [-0.15, -0.1) is 0 Å². The van der Waals surface area contributed by atoms with Crippen molar-refractivity contribution in [2.75, 3.05) is 12.4 Å². The molecule has 31 heavy (non-hydrogen) atoms. The van der Waals surface area contributed by atoms with E-state index in [1.807, 2.05) is 67.8 Å². The highest BCUT2D eigenvalue weighted by Gasteiger charge is 2.19. The molecule has 4 rings (SSSR count). The lowest BCUT2D eigenvalue weighted by Gasteiger charge is -2.20. The van der Waals surface area contributed by atoms with Crippen molar-refractivity contribution >= 4 is 39.5 Å². The number of thioether (sulfide) groups is 1. The van der Waals surface area contributed by atoms with Crippen LogP contribution >= 0.6 is 11.8 Å². The summed E-state index contributed by atoms with van der Waals surface area (Å²) in [6.07, 6.45) is 0. The minimum atomic E-state index is -0.519. The summed E-state index contributed by atoms with van der Waals surface area (Å²) in [7, 11) is 0. The Balaban J connectivity index is 1.43. The number of carbonyl (C=O) groups excluding carboxylic acids is 1. The summed E-state index contributed by atoms with van der Waals surface area (Å²) < 4.78 is 13.4. The van der Waals surface area contributed by atoms with E-state index in [1.54, 1.807) is 11.8 Å². The molecule has 1 heterocycles. The molecule has 160 valence electrons. The topological polar surface area (TPSA) is 53.4 Å². The molecule has 1 aromatic heterocycles. The number of nitrogens with zero attached hydrogens (tertiary/aromatic N) is 2. The summed E-state index contributed by atoms with van der Waals surface area (Å²) in [5.41, 5.74) is 1.27. The number of ether oxygens (including phenoxy) is 2. The van der Waals surface area contributed by atoms with Gasteiger partial charge in [0.05, 0.1) is 17.6 Å². The van der Waals surface area contributed by atoms with E-state index in [0.717, 1.165) is 27.3 Å². The normalized spacial score (nSPS) is 11.7. The minimum Gasteiger partial charge on any atom is -0.493 e. The van der Waals surface area contributed by atoms with E-state index in [9.17, 15) is 4.79 Å². The lowest BCUT2D eigenvalue weighted by molar-refractivity contribution is -0.155. The van der Waals surface area contributed by atoms with Crippen LogP contribution in [-0.2, 0) is 16.1 Å². The second-order valence-corrected chi connectivity index (χ2v) is 9.32. The van der Waals surface area contributed by atoms with Crippen LogP contribution in [0.15, 0.2) is 71.9 Å². The minimum absolute atomic E-state index is 0.131. The molecule has 0 aliphatic carbocycles. The molecular formula is C25H26N2O3S. The first-order valence-corrected chi connectivity index (χ1v) is 11.3. The van der Waals surface area contributed by atoms with Gasteiger partial charge in [0.2, 0.25) is 0 Å². The molecule has 0 saturated heterocycles. The molecule has 0 bridgehead atoms. The largest absolute Gasteiger partial charge is 0.493 e. The van der Waals surface area contributed by atoms with Gasteiger partial charge in [0.15, 0.2) is 5.16 Å². The zero-order valence-corrected chi connectivity index (χ0v) is 18.8. The van der Waals surface area contributed by atoms with Gasteiger partial charge in [-0.3, -0.25) is 4.79 Å². The third-order valence-electron chi connectivity index (χ3n) is 4.63. The smallest absolute Gasteiger partial charge is 0.326 e. The van der Waals surface area contributed by atoms with E-state index in [-0.39, 0.29) is 12.5 Å². The maximum absolute atomic E-state index is 12.4. The van der Waals surface area contributed by atoms with Gasteiger partial charge in [-0.2, -0.15) is 0 Å². The number of fused-ring (bicyclic) bond motifs is 2. The molecule has 0 radical (unpaired) electrons. The standard InChI is InChI=1S/C25H26N2O3S/c1-25(2,3)30-23(28)17-27-22-11-7-6-10-21(22)26-24(27)31-15-14-29-20-13-12-18-8-4-5-9-19(18)16-20/h4-13,16H,14-15,17H2,1-3H3. The summed E-state index contributed by atoms with van der Waals surface area (Å²) in [4.78, 5) is 17.1. The zero-order valence-electron chi connectivity index (χ0n) is 18.0. The maximum Gasteiger partial charge on any atom is 0.326 e. The van der Waals surface area contributed by atoms with Gasteiger partial charge in [-0.05, 0) is 55.8 Å². The Kier molecular flexibility index (Phi) is 6.18. The summed E-state index contributed by atoms with van der Waals surface area (Å²) >= 11 is 1.57. The van der Waals surface area contributed by atoms with Crippen LogP contribution < -0.4 is 4.74 Å². The number of esters is 1. The molecule has 0 amide bonds. The Labute approximate surface area is 186 Å². The van der Waals surface area contributed by atoms with Crippen molar-refractivity contribution in [2.24, 2.45) is 0 Å². The summed E-state index contributed by atoms with van der Waals surface area (Å²) in [6.45, 7) is 6.29. The van der Waals surface area contributed by atoms with E-state index >= 15 is 0 Å². The highest BCUT2D eigenvalue weighted by atomic mass is 32.2. The van der Waals surface area contributed by atoms with Crippen molar-refractivity contribution in [3.63, 3.8) is 0 Å². The molecule has 3 aromatic carbocycles. The summed E-state index contributed by atoms with van der Waals surface area (Å²) in [6, 6.07) is 22.2. The van der Waals surface area contributed by atoms with Crippen LogP contribution in [0.3, 0.4) is 0 Å². The lowest BCUT2D eigenvalue weighted by atomic mass is 10.1. The first kappa shape index (κ1) is 21.2. The van der Waals surface area contributed by atoms with Crippen molar-refractivity contribution in [1.29, 1.82) is 0 Å². The van der Waals surface area contributed by atoms with Gasteiger partial charge >= 0.3 is 5.97 Å². The molecule has 0 atom stereocenters. The fourth-order valence-electron chi connectivity index (χ4n) is 3.37. The molecule has 0 saturated carbocycles. The molecule has 4 aromatic rings. The Morgan fingerprint density at radius 1 is 1.00 bits per heavy atom. The molecule has 0 unspecified atom stereocenters. The Morgan fingerprint density at radius 2 is 1.74 bits per heavy atom. The first-order valence-electron chi connectivity index (χ1n) is 10.3. The third kappa shape index (κ3) is 5.39. The van der Waals surface area contributed by atoms with Crippen LogP contribution in [0.5, 0.6) is 5.75 Å². The Morgan fingerprint density at radius 3 is 2.55 bits per heavy atom. The van der Waals surface area contributed by atoms with Gasteiger partial charge in [-0.1, -0.05) is 54.2 Å². The van der Waals surface area contributed by atoms with Crippen LogP contribution in [0.1, 0.15) is 20.8 Å². The second-order valence-electron chi connectivity index (χ2n) is 8.26. The van der Waals surface area contributed by atoms with Gasteiger partial charge < -0.3 is 14.0 Å². The predicted molar refractivity (Wildman–Crippen MR) is 126 cm³/mol. The second kappa shape index (κ2) is 9.02. The van der Waals surface area contributed by atoms with Gasteiger partial charge in [0.1, 0.15) is 17.9 Å². The van der Waals surface area contributed by atoms with E-state index in [2.05, 4.69) is 24.3 Å². The average Bonchev–Trinajstić information content (AvgIpc) is 3.07. The molecule has 0 N–H and O–H groups in total. The molecule has 0 aliphatic rings. The number of para-hydroxylation sites is 2. The van der Waals surface area contributed by atoms with Crippen molar-refractivity contribution in [3.8, 4) is 5.75 Å². The quantitative estimate of drug-likeness (QED) is 0.212. The van der Waals surface area contributed by atoms with Crippen molar-refractivity contribution in [3.05, 3.63) is 66.7 Å². The van der Waals surface area contributed by atoms with Gasteiger partial charge in [0, 0.05) is 5.75 Å². The van der Waals surface area contributed by atoms with Crippen molar-refractivity contribution in [2.45, 2.75) is 38.1 Å². The van der Waals surface area contributed by atoms with Gasteiger partial charge in [0.25, 0.3) is 0 Å². The number of hydrogen-bond donors (Lipinski definition) is 0. The number of carbonyl (C=O) groups is 1. The monoisotopic (exact) mass is 434 g/mol. The SMILES string of the molecule is CC(C)(C)OC(=O)Cn1c(SCCOc2ccc3ccccc3c2)nc2ccccc21.